The normalized spacial score (nSPS) is 12.6. The Balaban J connectivity index is 4.09. The molecule has 0 aliphatic heterocycles. The summed E-state index contributed by atoms with van der Waals surface area (Å²) in [6, 6.07) is 0. The summed E-state index contributed by atoms with van der Waals surface area (Å²) in [5, 5.41) is 0. The highest BCUT2D eigenvalue weighted by Gasteiger charge is 2.17. The molecule has 0 aromatic heterocycles. The lowest BCUT2D eigenvalue weighted by Gasteiger charge is -2.23. The van der Waals surface area contributed by atoms with E-state index < -0.39 is 0 Å². The van der Waals surface area contributed by atoms with E-state index in [4.69, 9.17) is 11.6 Å². The summed E-state index contributed by atoms with van der Waals surface area (Å²) < 4.78 is 0. The van der Waals surface area contributed by atoms with Gasteiger partial charge >= 0.3 is 0 Å². The average molecular weight is 206 g/mol. The number of alkyl halides is 1. The maximum Gasteiger partial charge on any atom is 0.225 e. The van der Waals surface area contributed by atoms with Crippen molar-refractivity contribution in [3.63, 3.8) is 0 Å². The Hall–Kier alpha value is -0.240. The van der Waals surface area contributed by atoms with Gasteiger partial charge in [0, 0.05) is 24.9 Å². The van der Waals surface area contributed by atoms with Crippen molar-refractivity contribution in [2.45, 2.75) is 33.6 Å². The Morgan fingerprint density at radius 3 is 2.38 bits per heavy atom. The molecule has 78 valence electrons. The molecule has 1 atom stereocenters. The van der Waals surface area contributed by atoms with Crippen LogP contribution < -0.4 is 0 Å². The van der Waals surface area contributed by atoms with Gasteiger partial charge in [-0.3, -0.25) is 4.79 Å². The molecular weight excluding hydrogens is 186 g/mol. The van der Waals surface area contributed by atoms with Gasteiger partial charge in [0.1, 0.15) is 0 Å². The number of rotatable bonds is 6. The second-order valence-corrected chi connectivity index (χ2v) is 3.70. The SMILES string of the molecule is CCCN(CCCl)C(=O)C(C)CC. The quantitative estimate of drug-likeness (QED) is 0.611. The van der Waals surface area contributed by atoms with Gasteiger partial charge in [-0.05, 0) is 12.8 Å². The first-order valence-corrected chi connectivity index (χ1v) is 5.55. The Morgan fingerprint density at radius 1 is 1.38 bits per heavy atom. The third-order valence-corrected chi connectivity index (χ3v) is 2.36. The molecule has 0 radical (unpaired) electrons. The summed E-state index contributed by atoms with van der Waals surface area (Å²) in [4.78, 5) is 13.6. The molecule has 0 spiro atoms. The maximum atomic E-state index is 11.7. The third-order valence-electron chi connectivity index (χ3n) is 2.19. The number of nitrogens with zero attached hydrogens (tertiary/aromatic N) is 1. The Morgan fingerprint density at radius 2 is 2.00 bits per heavy atom. The molecule has 0 aromatic carbocycles. The van der Waals surface area contributed by atoms with Crippen LogP contribution in [0.15, 0.2) is 0 Å². The highest BCUT2D eigenvalue weighted by molar-refractivity contribution is 6.18. The van der Waals surface area contributed by atoms with Gasteiger partial charge in [0.2, 0.25) is 5.91 Å². The van der Waals surface area contributed by atoms with Crippen molar-refractivity contribution in [1.82, 2.24) is 4.90 Å². The predicted octanol–water partition coefficient (Wildman–Crippen LogP) is 2.51. The molecule has 0 N–H and O–H groups in total. The molecule has 0 bridgehead atoms. The number of hydrogen-bond donors (Lipinski definition) is 0. The Kier molecular flexibility index (Phi) is 7.06. The zero-order valence-electron chi connectivity index (χ0n) is 8.85. The van der Waals surface area contributed by atoms with E-state index in [-0.39, 0.29) is 11.8 Å². The fraction of sp³-hybridized carbons (Fsp3) is 0.900. The molecule has 0 fully saturated rings. The minimum Gasteiger partial charge on any atom is -0.341 e. The van der Waals surface area contributed by atoms with Crippen LogP contribution in [0.3, 0.4) is 0 Å². The number of halogens is 1. The van der Waals surface area contributed by atoms with Crippen molar-refractivity contribution in [1.29, 1.82) is 0 Å². The first-order chi connectivity index (χ1) is 6.17. The van der Waals surface area contributed by atoms with E-state index in [1.165, 1.54) is 0 Å². The highest BCUT2D eigenvalue weighted by atomic mass is 35.5. The number of carbonyl (C=O) groups excluding carboxylic acids is 1. The summed E-state index contributed by atoms with van der Waals surface area (Å²) in [6.45, 7) is 7.59. The molecule has 0 aliphatic rings. The molecule has 0 saturated heterocycles. The van der Waals surface area contributed by atoms with E-state index in [1.807, 2.05) is 18.7 Å². The van der Waals surface area contributed by atoms with E-state index in [1.54, 1.807) is 0 Å². The van der Waals surface area contributed by atoms with Crippen molar-refractivity contribution >= 4 is 17.5 Å². The standard InChI is InChI=1S/C10H20ClNO/c1-4-7-12(8-6-11)10(13)9(3)5-2/h9H,4-8H2,1-3H3. The van der Waals surface area contributed by atoms with Crippen molar-refractivity contribution in [2.75, 3.05) is 19.0 Å². The van der Waals surface area contributed by atoms with Gasteiger partial charge in [-0.15, -0.1) is 11.6 Å². The second kappa shape index (κ2) is 7.19. The van der Waals surface area contributed by atoms with E-state index in [2.05, 4.69) is 6.92 Å². The topological polar surface area (TPSA) is 20.3 Å². The van der Waals surface area contributed by atoms with Crippen LogP contribution in [-0.2, 0) is 4.79 Å². The molecule has 13 heavy (non-hydrogen) atoms. The zero-order valence-corrected chi connectivity index (χ0v) is 9.60. The lowest BCUT2D eigenvalue weighted by atomic mass is 10.1. The lowest BCUT2D eigenvalue weighted by Crippen LogP contribution is -2.37. The van der Waals surface area contributed by atoms with Crippen LogP contribution in [0.1, 0.15) is 33.6 Å². The van der Waals surface area contributed by atoms with Gasteiger partial charge in [-0.1, -0.05) is 20.8 Å². The maximum absolute atomic E-state index is 11.7. The van der Waals surface area contributed by atoms with Crippen LogP contribution in [0.4, 0.5) is 0 Å². The average Bonchev–Trinajstić information content (AvgIpc) is 2.15. The first-order valence-electron chi connectivity index (χ1n) is 5.02. The van der Waals surface area contributed by atoms with Crippen molar-refractivity contribution in [3.05, 3.63) is 0 Å². The van der Waals surface area contributed by atoms with Gasteiger partial charge in [0.25, 0.3) is 0 Å². The number of carbonyl (C=O) groups is 1. The number of amides is 1. The van der Waals surface area contributed by atoms with Gasteiger partial charge in [-0.2, -0.15) is 0 Å². The monoisotopic (exact) mass is 205 g/mol. The van der Waals surface area contributed by atoms with Crippen LogP contribution in [0.25, 0.3) is 0 Å². The van der Waals surface area contributed by atoms with Gasteiger partial charge in [0.15, 0.2) is 0 Å². The molecule has 0 saturated carbocycles. The lowest BCUT2D eigenvalue weighted by molar-refractivity contribution is -0.134. The third kappa shape index (κ3) is 4.51. The molecule has 0 aliphatic carbocycles. The van der Waals surface area contributed by atoms with Crippen LogP contribution in [-0.4, -0.2) is 29.8 Å². The van der Waals surface area contributed by atoms with Crippen molar-refractivity contribution < 1.29 is 4.79 Å². The summed E-state index contributed by atoms with van der Waals surface area (Å²) >= 11 is 5.63. The molecule has 0 heterocycles. The summed E-state index contributed by atoms with van der Waals surface area (Å²) in [7, 11) is 0. The fourth-order valence-corrected chi connectivity index (χ4v) is 1.39. The van der Waals surface area contributed by atoms with Crippen LogP contribution in [0, 0.1) is 5.92 Å². The van der Waals surface area contributed by atoms with E-state index >= 15 is 0 Å². The van der Waals surface area contributed by atoms with E-state index in [9.17, 15) is 4.79 Å². The molecule has 0 aromatic rings. The predicted molar refractivity (Wildman–Crippen MR) is 57.0 cm³/mol. The first kappa shape index (κ1) is 12.8. The largest absolute Gasteiger partial charge is 0.341 e. The Labute approximate surface area is 86.2 Å². The minimum absolute atomic E-state index is 0.134. The van der Waals surface area contributed by atoms with Crippen LogP contribution in [0.2, 0.25) is 0 Å². The van der Waals surface area contributed by atoms with Crippen LogP contribution in [0.5, 0.6) is 0 Å². The minimum atomic E-state index is 0.134. The van der Waals surface area contributed by atoms with Gasteiger partial charge < -0.3 is 4.90 Å². The zero-order chi connectivity index (χ0) is 10.3. The molecule has 3 heteroatoms. The highest BCUT2D eigenvalue weighted by Crippen LogP contribution is 2.07. The molecule has 1 amide bonds. The van der Waals surface area contributed by atoms with E-state index in [0.29, 0.717) is 12.4 Å². The summed E-state index contributed by atoms with van der Waals surface area (Å²) in [6.07, 6.45) is 1.90. The molecule has 1 unspecified atom stereocenters. The molecular formula is C10H20ClNO. The smallest absolute Gasteiger partial charge is 0.225 e. The number of hydrogen-bond acceptors (Lipinski definition) is 1. The molecule has 2 nitrogen and oxygen atoms in total. The summed E-state index contributed by atoms with van der Waals surface area (Å²) in [5.74, 6) is 0.905. The van der Waals surface area contributed by atoms with Gasteiger partial charge in [0.05, 0.1) is 0 Å². The van der Waals surface area contributed by atoms with Crippen molar-refractivity contribution in [2.24, 2.45) is 5.92 Å². The molecule has 0 rings (SSSR count). The van der Waals surface area contributed by atoms with Gasteiger partial charge in [-0.25, -0.2) is 0 Å². The van der Waals surface area contributed by atoms with E-state index in [0.717, 1.165) is 19.4 Å². The fourth-order valence-electron chi connectivity index (χ4n) is 1.19. The van der Waals surface area contributed by atoms with Crippen LogP contribution >= 0.6 is 11.6 Å². The Bertz CT molecular complexity index is 144. The van der Waals surface area contributed by atoms with Crippen molar-refractivity contribution in [3.8, 4) is 0 Å². The summed E-state index contributed by atoms with van der Waals surface area (Å²) in [5.41, 5.74) is 0. The second-order valence-electron chi connectivity index (χ2n) is 3.32.